The van der Waals surface area contributed by atoms with Crippen molar-refractivity contribution in [1.82, 2.24) is 5.32 Å². The summed E-state index contributed by atoms with van der Waals surface area (Å²) in [5.74, 6) is 0. The predicted molar refractivity (Wildman–Crippen MR) is 71.7 cm³/mol. The molecule has 7 heteroatoms. The van der Waals surface area contributed by atoms with Gasteiger partial charge in [0.25, 0.3) is 0 Å². The van der Waals surface area contributed by atoms with E-state index in [0.29, 0.717) is 31.7 Å². The molecule has 0 aliphatic carbocycles. The lowest BCUT2D eigenvalue weighted by molar-refractivity contribution is -0.383. The molecule has 0 aromatic heterocycles. The van der Waals surface area contributed by atoms with Crippen LogP contribution in [0, 0.1) is 21.4 Å². The lowest BCUT2D eigenvalue weighted by Gasteiger charge is -2.34. The minimum Gasteiger partial charge on any atom is -0.393 e. The van der Waals surface area contributed by atoms with E-state index in [4.69, 9.17) is 11.0 Å². The molecule has 1 heterocycles. The van der Waals surface area contributed by atoms with Crippen molar-refractivity contribution >= 4 is 17.1 Å². The highest BCUT2D eigenvalue weighted by molar-refractivity contribution is 5.75. The molecule has 3 N–H and O–H groups in total. The summed E-state index contributed by atoms with van der Waals surface area (Å²) >= 11 is 0. The van der Waals surface area contributed by atoms with Crippen molar-refractivity contribution in [2.24, 2.45) is 0 Å². The van der Waals surface area contributed by atoms with Gasteiger partial charge in [-0.3, -0.25) is 10.1 Å². The normalized spacial score (nSPS) is 18.9. The molecule has 0 spiro atoms. The molecular formula is C12H15N5O2. The standard InChI is InChI=1S/C12H15N5O2/c13-5-4-9-8-16(7-6-15-9)11-3-1-2-10(14)12(11)17(18)19/h1-3,9,15H,4,6-8,14H2. The predicted octanol–water partition coefficient (Wildman–Crippen LogP) is 0.869. The Kier molecular flexibility index (Phi) is 3.82. The van der Waals surface area contributed by atoms with Crippen molar-refractivity contribution in [3.8, 4) is 6.07 Å². The number of nitrogens with zero attached hydrogens (tertiary/aromatic N) is 3. The highest BCUT2D eigenvalue weighted by Gasteiger charge is 2.26. The van der Waals surface area contributed by atoms with Crippen LogP contribution < -0.4 is 16.0 Å². The molecular weight excluding hydrogens is 246 g/mol. The van der Waals surface area contributed by atoms with Crippen LogP contribution in [0.5, 0.6) is 0 Å². The maximum Gasteiger partial charge on any atom is 0.315 e. The van der Waals surface area contributed by atoms with Gasteiger partial charge >= 0.3 is 5.69 Å². The van der Waals surface area contributed by atoms with Crippen LogP contribution >= 0.6 is 0 Å². The number of nitrogens with one attached hydrogen (secondary N) is 1. The summed E-state index contributed by atoms with van der Waals surface area (Å²) < 4.78 is 0. The van der Waals surface area contributed by atoms with Crippen molar-refractivity contribution in [3.05, 3.63) is 28.3 Å². The van der Waals surface area contributed by atoms with Gasteiger partial charge in [0, 0.05) is 25.7 Å². The number of rotatable bonds is 3. The Morgan fingerprint density at radius 3 is 3.11 bits per heavy atom. The molecule has 1 aliphatic heterocycles. The monoisotopic (exact) mass is 261 g/mol. The molecule has 0 bridgehead atoms. The molecule has 0 saturated carbocycles. The van der Waals surface area contributed by atoms with E-state index in [9.17, 15) is 10.1 Å². The molecule has 0 radical (unpaired) electrons. The number of nitro groups is 1. The quantitative estimate of drug-likeness (QED) is 0.475. The third kappa shape index (κ3) is 2.74. The van der Waals surface area contributed by atoms with Gasteiger partial charge in [0.2, 0.25) is 0 Å². The van der Waals surface area contributed by atoms with Gasteiger partial charge in [-0.05, 0) is 12.1 Å². The molecule has 1 aromatic rings. The number of nitro benzene ring substituents is 1. The number of nitrogen functional groups attached to an aromatic ring is 1. The average molecular weight is 261 g/mol. The van der Waals surface area contributed by atoms with Crippen molar-refractivity contribution in [1.29, 1.82) is 5.26 Å². The van der Waals surface area contributed by atoms with E-state index in [0.717, 1.165) is 0 Å². The number of para-hydroxylation sites is 1. The molecule has 1 saturated heterocycles. The lowest BCUT2D eigenvalue weighted by Crippen LogP contribution is -2.50. The van der Waals surface area contributed by atoms with Crippen LogP contribution in [0.2, 0.25) is 0 Å². The van der Waals surface area contributed by atoms with E-state index in [1.54, 1.807) is 12.1 Å². The zero-order valence-electron chi connectivity index (χ0n) is 10.4. The molecule has 7 nitrogen and oxygen atoms in total. The van der Waals surface area contributed by atoms with E-state index in [2.05, 4.69) is 11.4 Å². The zero-order valence-corrected chi connectivity index (χ0v) is 10.4. The number of hydrogen-bond acceptors (Lipinski definition) is 6. The first-order chi connectivity index (χ1) is 9.13. The summed E-state index contributed by atoms with van der Waals surface area (Å²) in [7, 11) is 0. The SMILES string of the molecule is N#CCC1CN(c2cccc(N)c2[N+](=O)[O-])CCN1. The van der Waals surface area contributed by atoms with Crippen LogP contribution in [-0.4, -0.2) is 30.6 Å². The molecule has 100 valence electrons. The molecule has 1 unspecified atom stereocenters. The fourth-order valence-corrected chi connectivity index (χ4v) is 2.29. The van der Waals surface area contributed by atoms with E-state index >= 15 is 0 Å². The van der Waals surface area contributed by atoms with Crippen LogP contribution in [0.25, 0.3) is 0 Å². The second-order valence-electron chi connectivity index (χ2n) is 4.43. The van der Waals surface area contributed by atoms with Gasteiger partial charge in [-0.25, -0.2) is 0 Å². The Labute approximate surface area is 110 Å². The summed E-state index contributed by atoms with van der Waals surface area (Å²) in [6, 6.07) is 7.07. The molecule has 0 amide bonds. The van der Waals surface area contributed by atoms with Gasteiger partial charge in [-0.1, -0.05) is 6.07 Å². The summed E-state index contributed by atoms with van der Waals surface area (Å²) in [6.07, 6.45) is 0.382. The highest BCUT2D eigenvalue weighted by atomic mass is 16.6. The van der Waals surface area contributed by atoms with Gasteiger partial charge in [0.1, 0.15) is 11.4 Å². The number of anilines is 2. The zero-order chi connectivity index (χ0) is 13.8. The van der Waals surface area contributed by atoms with Crippen LogP contribution in [0.15, 0.2) is 18.2 Å². The lowest BCUT2D eigenvalue weighted by atomic mass is 10.1. The van der Waals surface area contributed by atoms with Crippen LogP contribution in [0.3, 0.4) is 0 Å². The van der Waals surface area contributed by atoms with Crippen LogP contribution in [0.1, 0.15) is 6.42 Å². The Morgan fingerprint density at radius 1 is 1.63 bits per heavy atom. The molecule has 2 rings (SSSR count). The summed E-state index contributed by atoms with van der Waals surface area (Å²) in [4.78, 5) is 12.6. The van der Waals surface area contributed by atoms with E-state index in [-0.39, 0.29) is 17.4 Å². The number of piperazine rings is 1. The first-order valence-corrected chi connectivity index (χ1v) is 6.01. The van der Waals surface area contributed by atoms with Crippen molar-refractivity contribution < 1.29 is 4.92 Å². The van der Waals surface area contributed by atoms with Gasteiger partial charge in [-0.15, -0.1) is 0 Å². The second-order valence-corrected chi connectivity index (χ2v) is 4.43. The first-order valence-electron chi connectivity index (χ1n) is 6.01. The number of hydrogen-bond donors (Lipinski definition) is 2. The second kappa shape index (κ2) is 5.54. The van der Waals surface area contributed by atoms with Crippen molar-refractivity contribution in [3.63, 3.8) is 0 Å². The third-order valence-electron chi connectivity index (χ3n) is 3.16. The molecule has 1 fully saturated rings. The Bertz CT molecular complexity index is 525. The Hall–Kier alpha value is -2.33. The van der Waals surface area contributed by atoms with Gasteiger partial charge < -0.3 is 16.0 Å². The summed E-state index contributed by atoms with van der Waals surface area (Å²) in [5.41, 5.74) is 6.32. The topological polar surface area (TPSA) is 108 Å². The fourth-order valence-electron chi connectivity index (χ4n) is 2.29. The van der Waals surface area contributed by atoms with Gasteiger partial charge in [-0.2, -0.15) is 5.26 Å². The smallest absolute Gasteiger partial charge is 0.315 e. The number of benzene rings is 1. The van der Waals surface area contributed by atoms with Crippen molar-refractivity contribution in [2.45, 2.75) is 12.5 Å². The fraction of sp³-hybridized carbons (Fsp3) is 0.417. The molecule has 1 aromatic carbocycles. The number of nitrogens with two attached hydrogens (primary N) is 1. The molecule has 1 atom stereocenters. The highest BCUT2D eigenvalue weighted by Crippen LogP contribution is 2.34. The largest absolute Gasteiger partial charge is 0.393 e. The third-order valence-corrected chi connectivity index (χ3v) is 3.16. The minimum atomic E-state index is -0.452. The first kappa shape index (κ1) is 13.1. The summed E-state index contributed by atoms with van der Waals surface area (Å²) in [5, 5.41) is 23.1. The summed E-state index contributed by atoms with van der Waals surface area (Å²) in [6.45, 7) is 1.92. The van der Waals surface area contributed by atoms with Gasteiger partial charge in [0.05, 0.1) is 17.4 Å². The van der Waals surface area contributed by atoms with E-state index in [1.165, 1.54) is 6.07 Å². The molecule has 19 heavy (non-hydrogen) atoms. The molecule has 1 aliphatic rings. The number of nitriles is 1. The maximum atomic E-state index is 11.1. The van der Waals surface area contributed by atoms with E-state index in [1.807, 2.05) is 4.90 Å². The average Bonchev–Trinajstić information content (AvgIpc) is 2.38. The van der Waals surface area contributed by atoms with E-state index < -0.39 is 4.92 Å². The Morgan fingerprint density at radius 2 is 2.42 bits per heavy atom. The van der Waals surface area contributed by atoms with Crippen molar-refractivity contribution in [2.75, 3.05) is 30.3 Å². The van der Waals surface area contributed by atoms with Crippen LogP contribution in [-0.2, 0) is 0 Å². The van der Waals surface area contributed by atoms with Gasteiger partial charge in [0.15, 0.2) is 0 Å². The maximum absolute atomic E-state index is 11.1. The Balaban J connectivity index is 2.29. The minimum absolute atomic E-state index is 0.0276. The van der Waals surface area contributed by atoms with Crippen LogP contribution in [0.4, 0.5) is 17.1 Å².